The Balaban J connectivity index is 2.65. The average Bonchev–Trinajstić information content (AvgIpc) is 2.57. The maximum Gasteiger partial charge on any atom is 0.189 e. The second-order valence-electron chi connectivity index (χ2n) is 7.09. The normalized spacial score (nSPS) is 12.6. The lowest BCUT2D eigenvalue weighted by atomic mass is 10.0. The number of unbranched alkanes of at least 4 members (excludes halogenated alkanes) is 1. The second-order valence-corrected chi connectivity index (χ2v) is 7.86. The number of anilines is 1. The average molecular weight is 353 g/mol. The number of aromatic nitrogens is 2. The van der Waals surface area contributed by atoms with Gasteiger partial charge in [-0.3, -0.25) is 0 Å². The van der Waals surface area contributed by atoms with Gasteiger partial charge in [-0.1, -0.05) is 51.8 Å². The molecule has 0 spiro atoms. The van der Waals surface area contributed by atoms with Crippen LogP contribution in [0.2, 0.25) is 0 Å². The SMILES string of the molecule is CCCCN(C)c1nc(SC)ncc1CN[C@H](C)CCCC(C)C. The first-order valence-corrected chi connectivity index (χ1v) is 10.5. The summed E-state index contributed by atoms with van der Waals surface area (Å²) in [6.45, 7) is 11.0. The van der Waals surface area contributed by atoms with Crippen molar-refractivity contribution in [1.82, 2.24) is 15.3 Å². The number of nitrogens with zero attached hydrogens (tertiary/aromatic N) is 3. The monoisotopic (exact) mass is 352 g/mol. The summed E-state index contributed by atoms with van der Waals surface area (Å²) in [4.78, 5) is 11.5. The molecule has 4 nitrogen and oxygen atoms in total. The van der Waals surface area contributed by atoms with Gasteiger partial charge in [-0.15, -0.1) is 0 Å². The van der Waals surface area contributed by atoms with Crippen molar-refractivity contribution in [2.75, 3.05) is 24.7 Å². The molecule has 1 heterocycles. The Morgan fingerprint density at radius 3 is 2.58 bits per heavy atom. The van der Waals surface area contributed by atoms with Gasteiger partial charge in [0.15, 0.2) is 5.16 Å². The van der Waals surface area contributed by atoms with Gasteiger partial charge in [-0.2, -0.15) is 0 Å². The van der Waals surface area contributed by atoms with E-state index in [4.69, 9.17) is 4.98 Å². The van der Waals surface area contributed by atoms with E-state index in [1.807, 2.05) is 12.5 Å². The Labute approximate surface area is 153 Å². The number of hydrogen-bond donors (Lipinski definition) is 1. The first kappa shape index (κ1) is 21.2. The summed E-state index contributed by atoms with van der Waals surface area (Å²) in [5.74, 6) is 1.87. The molecule has 0 saturated heterocycles. The van der Waals surface area contributed by atoms with E-state index in [2.05, 4.69) is 49.9 Å². The number of thioether (sulfide) groups is 1. The fourth-order valence-electron chi connectivity index (χ4n) is 2.66. The van der Waals surface area contributed by atoms with E-state index >= 15 is 0 Å². The summed E-state index contributed by atoms with van der Waals surface area (Å²) in [7, 11) is 2.14. The summed E-state index contributed by atoms with van der Waals surface area (Å²) in [5, 5.41) is 4.50. The molecule has 1 aromatic heterocycles. The first-order valence-electron chi connectivity index (χ1n) is 9.32. The van der Waals surface area contributed by atoms with Crippen LogP contribution in [-0.2, 0) is 6.54 Å². The van der Waals surface area contributed by atoms with Crippen molar-refractivity contribution in [2.24, 2.45) is 5.92 Å². The maximum atomic E-state index is 4.75. The van der Waals surface area contributed by atoms with Crippen LogP contribution in [0.25, 0.3) is 0 Å². The van der Waals surface area contributed by atoms with Crippen molar-refractivity contribution < 1.29 is 0 Å². The van der Waals surface area contributed by atoms with E-state index in [1.165, 1.54) is 37.7 Å². The molecule has 0 fully saturated rings. The van der Waals surface area contributed by atoms with Gasteiger partial charge in [0.05, 0.1) is 0 Å². The van der Waals surface area contributed by atoms with E-state index in [-0.39, 0.29) is 0 Å². The van der Waals surface area contributed by atoms with Crippen LogP contribution in [-0.4, -0.2) is 35.9 Å². The minimum absolute atomic E-state index is 0.526. The Morgan fingerprint density at radius 1 is 1.21 bits per heavy atom. The highest BCUT2D eigenvalue weighted by Gasteiger charge is 2.12. The Bertz CT molecular complexity index is 465. The summed E-state index contributed by atoms with van der Waals surface area (Å²) in [6.07, 6.45) is 10.2. The lowest BCUT2D eigenvalue weighted by Gasteiger charge is -2.22. The third-order valence-corrected chi connectivity index (χ3v) is 4.83. The van der Waals surface area contributed by atoms with Crippen molar-refractivity contribution in [3.05, 3.63) is 11.8 Å². The largest absolute Gasteiger partial charge is 0.359 e. The van der Waals surface area contributed by atoms with E-state index < -0.39 is 0 Å². The molecule has 0 aliphatic heterocycles. The molecule has 0 aliphatic rings. The van der Waals surface area contributed by atoms with Gasteiger partial charge in [0.25, 0.3) is 0 Å². The van der Waals surface area contributed by atoms with Crippen molar-refractivity contribution in [2.45, 2.75) is 77.5 Å². The van der Waals surface area contributed by atoms with Gasteiger partial charge in [0.1, 0.15) is 5.82 Å². The Morgan fingerprint density at radius 2 is 1.96 bits per heavy atom. The van der Waals surface area contributed by atoms with Crippen LogP contribution in [0.1, 0.15) is 65.4 Å². The molecule has 1 aromatic rings. The highest BCUT2D eigenvalue weighted by molar-refractivity contribution is 7.98. The Hall–Kier alpha value is -0.810. The van der Waals surface area contributed by atoms with Crippen molar-refractivity contribution in [1.29, 1.82) is 0 Å². The summed E-state index contributed by atoms with van der Waals surface area (Å²) in [6, 6.07) is 0.526. The smallest absolute Gasteiger partial charge is 0.189 e. The van der Waals surface area contributed by atoms with Gasteiger partial charge in [0.2, 0.25) is 0 Å². The van der Waals surface area contributed by atoms with Crippen LogP contribution in [0.5, 0.6) is 0 Å². The van der Waals surface area contributed by atoms with Crippen LogP contribution in [0.3, 0.4) is 0 Å². The number of rotatable bonds is 12. The van der Waals surface area contributed by atoms with E-state index in [0.717, 1.165) is 30.0 Å². The van der Waals surface area contributed by atoms with Gasteiger partial charge in [-0.05, 0) is 31.9 Å². The molecule has 0 aliphatic carbocycles. The lowest BCUT2D eigenvalue weighted by Crippen LogP contribution is -2.28. The molecule has 0 unspecified atom stereocenters. The van der Waals surface area contributed by atoms with E-state index in [9.17, 15) is 0 Å². The van der Waals surface area contributed by atoms with Gasteiger partial charge >= 0.3 is 0 Å². The molecule has 0 aromatic carbocycles. The van der Waals surface area contributed by atoms with Crippen molar-refractivity contribution in [3.63, 3.8) is 0 Å². The standard InChI is InChI=1S/C19H36N4S/c1-7-8-12-23(5)18-17(14-21-19(22-18)24-6)13-20-16(4)11-9-10-15(2)3/h14-16,20H,7-13H2,1-6H3/t16-/m1/s1. The molecule has 1 N–H and O–H groups in total. The van der Waals surface area contributed by atoms with Crippen LogP contribution >= 0.6 is 11.8 Å². The van der Waals surface area contributed by atoms with Crippen LogP contribution < -0.4 is 10.2 Å². The quantitative estimate of drug-likeness (QED) is 0.435. The molecule has 0 bridgehead atoms. The molecule has 24 heavy (non-hydrogen) atoms. The molecule has 1 rings (SSSR count). The highest BCUT2D eigenvalue weighted by atomic mass is 32.2. The fourth-order valence-corrected chi connectivity index (χ4v) is 2.99. The van der Waals surface area contributed by atoms with E-state index in [1.54, 1.807) is 11.8 Å². The minimum atomic E-state index is 0.526. The van der Waals surface area contributed by atoms with E-state index in [0.29, 0.717) is 6.04 Å². The Kier molecular flexibility index (Phi) is 10.3. The number of nitrogens with one attached hydrogen (secondary N) is 1. The molecule has 0 radical (unpaired) electrons. The summed E-state index contributed by atoms with van der Waals surface area (Å²) >= 11 is 1.60. The van der Waals surface area contributed by atoms with Crippen LogP contribution in [0, 0.1) is 5.92 Å². The summed E-state index contributed by atoms with van der Waals surface area (Å²) in [5.41, 5.74) is 1.20. The molecule has 138 valence electrons. The number of hydrogen-bond acceptors (Lipinski definition) is 5. The van der Waals surface area contributed by atoms with Gasteiger partial charge < -0.3 is 10.2 Å². The van der Waals surface area contributed by atoms with Gasteiger partial charge in [0, 0.05) is 37.9 Å². The predicted octanol–water partition coefficient (Wildman–Crippen LogP) is 4.74. The first-order chi connectivity index (χ1) is 11.5. The molecular weight excluding hydrogens is 316 g/mol. The zero-order chi connectivity index (χ0) is 17.9. The minimum Gasteiger partial charge on any atom is -0.359 e. The third kappa shape index (κ3) is 7.84. The van der Waals surface area contributed by atoms with Crippen LogP contribution in [0.4, 0.5) is 5.82 Å². The molecule has 0 amide bonds. The molecule has 0 saturated carbocycles. The third-order valence-electron chi connectivity index (χ3n) is 4.27. The van der Waals surface area contributed by atoms with Crippen molar-refractivity contribution >= 4 is 17.6 Å². The van der Waals surface area contributed by atoms with Crippen molar-refractivity contribution in [3.8, 4) is 0 Å². The topological polar surface area (TPSA) is 41.1 Å². The van der Waals surface area contributed by atoms with Crippen LogP contribution in [0.15, 0.2) is 11.4 Å². The van der Waals surface area contributed by atoms with Gasteiger partial charge in [-0.25, -0.2) is 9.97 Å². The maximum absolute atomic E-state index is 4.75. The molecule has 5 heteroatoms. The zero-order valence-corrected chi connectivity index (χ0v) is 17.2. The highest BCUT2D eigenvalue weighted by Crippen LogP contribution is 2.20. The fraction of sp³-hybridized carbons (Fsp3) is 0.789. The zero-order valence-electron chi connectivity index (χ0n) is 16.4. The lowest BCUT2D eigenvalue weighted by molar-refractivity contribution is 0.456. The summed E-state index contributed by atoms with van der Waals surface area (Å²) < 4.78 is 0. The second kappa shape index (κ2) is 11.7. The molecular formula is C19H36N4S. The molecule has 1 atom stereocenters. The predicted molar refractivity (Wildman–Crippen MR) is 107 cm³/mol.